The van der Waals surface area contributed by atoms with Gasteiger partial charge in [-0.1, -0.05) is 158 Å². The van der Waals surface area contributed by atoms with Crippen LogP contribution in [0.15, 0.2) is 229 Å². The molecule has 0 unspecified atom stereocenters. The summed E-state index contributed by atoms with van der Waals surface area (Å²) in [6.07, 6.45) is 0. The van der Waals surface area contributed by atoms with Crippen LogP contribution in [0.3, 0.4) is 0 Å². The van der Waals surface area contributed by atoms with Gasteiger partial charge in [-0.15, -0.1) is 0 Å². The van der Waals surface area contributed by atoms with Crippen LogP contribution in [-0.2, 0) is 0 Å². The van der Waals surface area contributed by atoms with E-state index in [4.69, 9.17) is 14.2 Å². The fraction of sp³-hybridized carbons (Fsp3) is 0.0448. The van der Waals surface area contributed by atoms with Crippen molar-refractivity contribution in [3.8, 4) is 79.4 Å². The maximum atomic E-state index is 9.55. The number of rotatable bonds is 0. The number of halogens is 2. The van der Waals surface area contributed by atoms with E-state index in [-0.39, 0.29) is 5.75 Å². The van der Waals surface area contributed by atoms with Crippen molar-refractivity contribution in [1.82, 2.24) is 0 Å². The zero-order valence-corrected chi connectivity index (χ0v) is 44.5. The van der Waals surface area contributed by atoms with E-state index in [0.717, 1.165) is 56.0 Å². The van der Waals surface area contributed by atoms with Gasteiger partial charge in [-0.05, 0) is 175 Å². The molecule has 3 aliphatic rings. The first-order chi connectivity index (χ1) is 36.1. The zero-order valence-electron chi connectivity index (χ0n) is 40.7. The third-order valence-corrected chi connectivity index (χ3v) is 15.5. The van der Waals surface area contributed by atoms with Crippen molar-refractivity contribution in [3.63, 3.8) is 0 Å². The lowest BCUT2D eigenvalue weighted by Crippen LogP contribution is -1.97. The van der Waals surface area contributed by atoms with Crippen molar-refractivity contribution >= 4 is 81.6 Å². The Balaban J connectivity index is 0.000000102. The average Bonchev–Trinajstić information content (AvgIpc) is 3.42. The van der Waals surface area contributed by atoms with Crippen LogP contribution in [-0.4, -0.2) is 10.2 Å². The first-order valence-corrected chi connectivity index (χ1v) is 26.2. The first-order valence-electron chi connectivity index (χ1n) is 24.3. The number of hydrogen-bond donors (Lipinski definition) is 2. The highest BCUT2D eigenvalue weighted by molar-refractivity contribution is 14.1. The van der Waals surface area contributed by atoms with Gasteiger partial charge in [0.1, 0.15) is 46.0 Å². The normalized spacial score (nSPS) is 11.5. The quantitative estimate of drug-likeness (QED) is 0.148. The van der Waals surface area contributed by atoms with E-state index in [1.54, 1.807) is 18.2 Å². The average molecular weight is 1140 g/mol. The van der Waals surface area contributed by atoms with E-state index in [0.29, 0.717) is 11.5 Å². The van der Waals surface area contributed by atoms with Crippen molar-refractivity contribution in [2.75, 3.05) is 0 Å². The molecule has 12 aromatic rings. The highest BCUT2D eigenvalue weighted by Gasteiger charge is 2.22. The molecule has 15 rings (SSSR count). The SMILES string of the molecule is Cc1ccc(I)c(Br)c1.Cc1ccc2c(c1)Oc1cccc3cccc-2c13.Cc1ccc2c(c1)Oc1cccc3cccc-2c13.Oc1ccc2c(c1)Oc1cccc3cccc-2c13.Oc1cccc2ccccc12. The molecule has 3 aliphatic heterocycles. The molecule has 0 atom stereocenters. The number of aryl methyl sites for hydroxylation is 3. The van der Waals surface area contributed by atoms with Crippen molar-refractivity contribution in [2.45, 2.75) is 20.8 Å². The van der Waals surface area contributed by atoms with Crippen LogP contribution in [0, 0.1) is 24.3 Å². The van der Waals surface area contributed by atoms with Crippen LogP contribution in [0.4, 0.5) is 0 Å². The molecule has 360 valence electrons. The fourth-order valence-electron chi connectivity index (χ4n) is 9.70. The molecule has 12 aromatic carbocycles. The Kier molecular flexibility index (Phi) is 13.5. The van der Waals surface area contributed by atoms with Crippen LogP contribution in [0.25, 0.3) is 76.5 Å². The van der Waals surface area contributed by atoms with E-state index < -0.39 is 0 Å². The van der Waals surface area contributed by atoms with E-state index in [1.807, 2.05) is 84.9 Å². The van der Waals surface area contributed by atoms with Gasteiger partial charge in [0.2, 0.25) is 0 Å². The molecule has 7 heteroatoms. The second-order valence-electron chi connectivity index (χ2n) is 18.4. The molecule has 2 N–H and O–H groups in total. The van der Waals surface area contributed by atoms with Crippen molar-refractivity contribution in [2.24, 2.45) is 0 Å². The minimum atomic E-state index is 0.223. The summed E-state index contributed by atoms with van der Waals surface area (Å²) in [5.74, 6) is 5.97. The van der Waals surface area contributed by atoms with Gasteiger partial charge in [-0.2, -0.15) is 0 Å². The fourth-order valence-corrected chi connectivity index (χ4v) is 10.5. The summed E-state index contributed by atoms with van der Waals surface area (Å²) < 4.78 is 20.4. The van der Waals surface area contributed by atoms with Crippen molar-refractivity contribution < 1.29 is 24.4 Å². The molecule has 0 aliphatic carbocycles. The van der Waals surface area contributed by atoms with Crippen molar-refractivity contribution in [3.05, 3.63) is 249 Å². The summed E-state index contributed by atoms with van der Waals surface area (Å²) in [6.45, 7) is 6.26. The summed E-state index contributed by atoms with van der Waals surface area (Å²) in [7, 11) is 0. The van der Waals surface area contributed by atoms with E-state index in [2.05, 4.69) is 181 Å². The second-order valence-corrected chi connectivity index (χ2v) is 20.4. The predicted octanol–water partition coefficient (Wildman–Crippen LogP) is 20.1. The zero-order chi connectivity index (χ0) is 50.9. The lowest BCUT2D eigenvalue weighted by molar-refractivity contribution is 0.457. The molecule has 0 radical (unpaired) electrons. The molecule has 0 aromatic heterocycles. The molecule has 3 heterocycles. The summed E-state index contributed by atoms with van der Waals surface area (Å²) in [6, 6.07) is 75.1. The number of phenols is 2. The third-order valence-electron chi connectivity index (χ3n) is 13.2. The Hall–Kier alpha value is -8.11. The number of aromatic hydroxyl groups is 2. The number of phenolic OH excluding ortho intramolecular Hbond substituents is 2. The molecular formula is C67H48BrIO5. The van der Waals surface area contributed by atoms with E-state index >= 15 is 0 Å². The van der Waals surface area contributed by atoms with Crippen molar-refractivity contribution in [1.29, 1.82) is 0 Å². The van der Waals surface area contributed by atoms with Gasteiger partial charge >= 0.3 is 0 Å². The summed E-state index contributed by atoms with van der Waals surface area (Å²) in [5, 5.41) is 28.1. The van der Waals surface area contributed by atoms with Gasteiger partial charge < -0.3 is 24.4 Å². The number of benzene rings is 12. The third kappa shape index (κ3) is 9.76. The molecule has 74 heavy (non-hydrogen) atoms. The minimum Gasteiger partial charge on any atom is -0.508 e. The molecular weight excluding hydrogens is 1090 g/mol. The first kappa shape index (κ1) is 48.2. The maximum absolute atomic E-state index is 9.55. The van der Waals surface area contributed by atoms with Crippen LogP contribution >= 0.6 is 38.5 Å². The number of ether oxygens (including phenoxy) is 3. The molecule has 0 bridgehead atoms. The molecule has 0 spiro atoms. The Morgan fingerprint density at radius 3 is 1.18 bits per heavy atom. The van der Waals surface area contributed by atoms with Gasteiger partial charge in [0, 0.05) is 52.3 Å². The second kappa shape index (κ2) is 20.8. The molecule has 5 nitrogen and oxygen atoms in total. The smallest absolute Gasteiger partial charge is 0.138 e. The van der Waals surface area contributed by atoms with Gasteiger partial charge in [-0.3, -0.25) is 0 Å². The summed E-state index contributed by atoms with van der Waals surface area (Å²) in [4.78, 5) is 0. The molecule has 0 amide bonds. The Morgan fingerprint density at radius 1 is 0.338 bits per heavy atom. The highest BCUT2D eigenvalue weighted by atomic mass is 127. The Labute approximate surface area is 452 Å². The van der Waals surface area contributed by atoms with Gasteiger partial charge in [0.25, 0.3) is 0 Å². The summed E-state index contributed by atoms with van der Waals surface area (Å²) >= 11 is 5.73. The van der Waals surface area contributed by atoms with E-state index in [9.17, 15) is 10.2 Å². The van der Waals surface area contributed by atoms with E-state index in [1.165, 1.54) is 73.9 Å². The van der Waals surface area contributed by atoms with Crippen LogP contribution in [0.2, 0.25) is 0 Å². The standard InChI is InChI=1S/2C17H12O.C16H10O2.C10H8O.C7H6BrI/c2*1-11-8-9-13-14-6-2-4-12-5-3-7-15(17(12)14)18-16(13)10-11;17-11-7-8-12-13-5-1-3-10-4-2-6-14(16(10)13)18-15(12)9-11;11-10-7-3-5-8-4-1-2-6-9(8)10;1-5-2-3-7(9)6(8)4-5/h2*2-10H,1H3;1-9,17H;1-7,11H;2-4H,1H3. The largest absolute Gasteiger partial charge is 0.508 e. The van der Waals surface area contributed by atoms with Crippen LogP contribution < -0.4 is 14.2 Å². The molecule has 0 fully saturated rings. The van der Waals surface area contributed by atoms with Gasteiger partial charge in [0.05, 0.1) is 0 Å². The van der Waals surface area contributed by atoms with Gasteiger partial charge in [-0.25, -0.2) is 0 Å². The van der Waals surface area contributed by atoms with Gasteiger partial charge in [0.15, 0.2) is 0 Å². The maximum Gasteiger partial charge on any atom is 0.138 e. The molecule has 0 saturated carbocycles. The lowest BCUT2D eigenvalue weighted by atomic mass is 9.94. The minimum absolute atomic E-state index is 0.223. The lowest BCUT2D eigenvalue weighted by Gasteiger charge is -2.21. The monoisotopic (exact) mass is 1140 g/mol. The number of fused-ring (bicyclic) bond motifs is 7. The summed E-state index contributed by atoms with van der Waals surface area (Å²) in [5.41, 5.74) is 10.8. The topological polar surface area (TPSA) is 68.2 Å². The number of hydrogen-bond acceptors (Lipinski definition) is 5. The van der Waals surface area contributed by atoms with Crippen LogP contribution in [0.5, 0.6) is 46.0 Å². The Bertz CT molecular complexity index is 3770. The van der Waals surface area contributed by atoms with Crippen LogP contribution in [0.1, 0.15) is 16.7 Å². The Morgan fingerprint density at radius 2 is 0.716 bits per heavy atom. The highest BCUT2D eigenvalue weighted by Crippen LogP contribution is 2.49. The predicted molar refractivity (Wildman–Crippen MR) is 317 cm³/mol. The molecule has 0 saturated heterocycles.